The minimum Gasteiger partial charge on any atom is -0.454 e. The minimum absolute atomic E-state index is 0. The van der Waals surface area contributed by atoms with E-state index in [4.69, 9.17) is 15.2 Å². The van der Waals surface area contributed by atoms with Crippen LogP contribution in [0.2, 0.25) is 0 Å². The third kappa shape index (κ3) is 4.42. The molecular weight excluding hydrogens is 336 g/mol. The summed E-state index contributed by atoms with van der Waals surface area (Å²) >= 11 is 0. The quantitative estimate of drug-likeness (QED) is 0.877. The Kier molecular flexibility index (Phi) is 6.48. The lowest BCUT2D eigenvalue weighted by Crippen LogP contribution is -2.35. The maximum Gasteiger partial charge on any atom is 0.231 e. The van der Waals surface area contributed by atoms with Crippen LogP contribution < -0.4 is 15.2 Å². The van der Waals surface area contributed by atoms with Gasteiger partial charge in [-0.1, -0.05) is 12.1 Å². The lowest BCUT2D eigenvalue weighted by atomic mass is 9.84. The molecular formula is C20H31ClN2O2. The number of para-hydroxylation sites is 1. The fourth-order valence-corrected chi connectivity index (χ4v) is 4.58. The predicted octanol–water partition coefficient (Wildman–Crippen LogP) is 3.92. The zero-order valence-corrected chi connectivity index (χ0v) is 15.8. The molecule has 1 aromatic rings. The highest BCUT2D eigenvalue weighted by molar-refractivity contribution is 5.85. The van der Waals surface area contributed by atoms with Crippen molar-refractivity contribution >= 4 is 12.4 Å². The number of benzene rings is 1. The van der Waals surface area contributed by atoms with Gasteiger partial charge in [-0.25, -0.2) is 0 Å². The summed E-state index contributed by atoms with van der Waals surface area (Å²) in [6, 6.07) is 6.80. The molecule has 0 bridgehead atoms. The zero-order chi connectivity index (χ0) is 16.4. The van der Waals surface area contributed by atoms with Gasteiger partial charge in [0.25, 0.3) is 0 Å². The van der Waals surface area contributed by atoms with Crippen molar-refractivity contribution in [3.8, 4) is 11.5 Å². The molecule has 1 aromatic carbocycles. The van der Waals surface area contributed by atoms with Gasteiger partial charge in [-0.05, 0) is 82.5 Å². The molecule has 0 atom stereocenters. The predicted molar refractivity (Wildman–Crippen MR) is 103 cm³/mol. The van der Waals surface area contributed by atoms with E-state index in [9.17, 15) is 0 Å². The summed E-state index contributed by atoms with van der Waals surface area (Å²) in [5.74, 6) is 3.44. The summed E-state index contributed by atoms with van der Waals surface area (Å²) < 4.78 is 11.2. The molecule has 2 fully saturated rings. The van der Waals surface area contributed by atoms with E-state index >= 15 is 0 Å². The van der Waals surface area contributed by atoms with Crippen molar-refractivity contribution in [3.05, 3.63) is 23.8 Å². The number of likely N-dealkylation sites (tertiary alicyclic amines) is 1. The largest absolute Gasteiger partial charge is 0.454 e. The second kappa shape index (κ2) is 8.61. The van der Waals surface area contributed by atoms with E-state index in [0.717, 1.165) is 17.4 Å². The van der Waals surface area contributed by atoms with Gasteiger partial charge in [0.15, 0.2) is 11.5 Å². The molecule has 0 aromatic heterocycles. The number of halogens is 1. The molecule has 2 N–H and O–H groups in total. The van der Waals surface area contributed by atoms with Crippen molar-refractivity contribution < 1.29 is 9.47 Å². The number of nitrogens with two attached hydrogens (primary N) is 1. The molecule has 0 unspecified atom stereocenters. The summed E-state index contributed by atoms with van der Waals surface area (Å²) in [5, 5.41) is 0. The molecule has 2 aliphatic heterocycles. The van der Waals surface area contributed by atoms with Gasteiger partial charge >= 0.3 is 0 Å². The van der Waals surface area contributed by atoms with Crippen molar-refractivity contribution in [2.24, 2.45) is 11.7 Å². The molecule has 1 saturated carbocycles. The Balaban J connectivity index is 0.00000182. The average Bonchev–Trinajstić information content (AvgIpc) is 3.10. The summed E-state index contributed by atoms with van der Waals surface area (Å²) in [6.07, 6.45) is 8.96. The number of hydrogen-bond donors (Lipinski definition) is 1. The Hall–Kier alpha value is -0.970. The highest BCUT2D eigenvalue weighted by Crippen LogP contribution is 2.42. The van der Waals surface area contributed by atoms with E-state index in [2.05, 4.69) is 17.0 Å². The standard InChI is InChI=1S/C20H30N2O2.ClH/c21-17-6-4-15(5-7-17)8-11-22-12-9-16(10-13-22)18-2-1-3-19-20(18)24-14-23-19;/h1-3,15-17H,4-14,21H2;1H. The van der Waals surface area contributed by atoms with Crippen LogP contribution in [0.4, 0.5) is 0 Å². The second-order valence-electron chi connectivity index (χ2n) is 7.77. The van der Waals surface area contributed by atoms with Crippen LogP contribution in [0.1, 0.15) is 56.4 Å². The number of rotatable bonds is 4. The molecule has 1 saturated heterocycles. The topological polar surface area (TPSA) is 47.7 Å². The average molecular weight is 367 g/mol. The molecule has 2 heterocycles. The van der Waals surface area contributed by atoms with E-state index < -0.39 is 0 Å². The first-order chi connectivity index (χ1) is 11.8. The Bertz CT molecular complexity index is 553. The van der Waals surface area contributed by atoms with Gasteiger partial charge in [0.2, 0.25) is 6.79 Å². The van der Waals surface area contributed by atoms with Crippen molar-refractivity contribution in [1.29, 1.82) is 0 Å². The summed E-state index contributed by atoms with van der Waals surface area (Å²) in [5.41, 5.74) is 7.37. The lowest BCUT2D eigenvalue weighted by Gasteiger charge is -2.34. The Morgan fingerprint density at radius 1 is 1.00 bits per heavy atom. The van der Waals surface area contributed by atoms with Crippen LogP contribution in [0.3, 0.4) is 0 Å². The van der Waals surface area contributed by atoms with Gasteiger partial charge in [-0.2, -0.15) is 0 Å². The van der Waals surface area contributed by atoms with Crippen LogP contribution in [0, 0.1) is 5.92 Å². The molecule has 4 nitrogen and oxygen atoms in total. The van der Waals surface area contributed by atoms with Crippen LogP contribution in [0.5, 0.6) is 11.5 Å². The van der Waals surface area contributed by atoms with Crippen molar-refractivity contribution in [2.75, 3.05) is 26.4 Å². The minimum atomic E-state index is 0. The van der Waals surface area contributed by atoms with Gasteiger partial charge in [0, 0.05) is 11.6 Å². The van der Waals surface area contributed by atoms with Crippen molar-refractivity contribution in [3.63, 3.8) is 0 Å². The first-order valence-electron chi connectivity index (χ1n) is 9.66. The number of fused-ring (bicyclic) bond motifs is 1. The summed E-state index contributed by atoms with van der Waals surface area (Å²) in [6.45, 7) is 4.05. The monoisotopic (exact) mass is 366 g/mol. The van der Waals surface area contributed by atoms with Crippen LogP contribution >= 0.6 is 12.4 Å². The SMILES string of the molecule is Cl.NC1CCC(CCN2CCC(c3cccc4c3OCO4)CC2)CC1. The van der Waals surface area contributed by atoms with E-state index in [0.29, 0.717) is 18.8 Å². The third-order valence-electron chi connectivity index (χ3n) is 6.20. The van der Waals surface area contributed by atoms with Crippen LogP contribution in [-0.2, 0) is 0 Å². The summed E-state index contributed by atoms with van der Waals surface area (Å²) in [4.78, 5) is 2.66. The molecule has 5 heteroatoms. The van der Waals surface area contributed by atoms with Gasteiger partial charge in [0.1, 0.15) is 0 Å². The molecule has 0 spiro atoms. The fraction of sp³-hybridized carbons (Fsp3) is 0.700. The first-order valence-corrected chi connectivity index (χ1v) is 9.66. The van der Waals surface area contributed by atoms with Gasteiger partial charge in [0.05, 0.1) is 0 Å². The Labute approximate surface area is 157 Å². The van der Waals surface area contributed by atoms with Gasteiger partial charge < -0.3 is 20.1 Å². The maximum absolute atomic E-state index is 6.02. The highest BCUT2D eigenvalue weighted by atomic mass is 35.5. The van der Waals surface area contributed by atoms with Crippen LogP contribution in [-0.4, -0.2) is 37.4 Å². The maximum atomic E-state index is 6.02. The van der Waals surface area contributed by atoms with Gasteiger partial charge in [-0.15, -0.1) is 12.4 Å². The fourth-order valence-electron chi connectivity index (χ4n) is 4.58. The van der Waals surface area contributed by atoms with E-state index in [-0.39, 0.29) is 12.4 Å². The Morgan fingerprint density at radius 3 is 2.52 bits per heavy atom. The third-order valence-corrected chi connectivity index (χ3v) is 6.20. The van der Waals surface area contributed by atoms with Crippen molar-refractivity contribution in [1.82, 2.24) is 4.90 Å². The highest BCUT2D eigenvalue weighted by Gasteiger charge is 2.27. The number of ether oxygens (including phenoxy) is 2. The molecule has 3 aliphatic rings. The first kappa shape index (κ1) is 18.8. The number of nitrogens with zero attached hydrogens (tertiary/aromatic N) is 1. The smallest absolute Gasteiger partial charge is 0.231 e. The molecule has 25 heavy (non-hydrogen) atoms. The van der Waals surface area contributed by atoms with Crippen LogP contribution in [0.15, 0.2) is 18.2 Å². The molecule has 0 radical (unpaired) electrons. The second-order valence-corrected chi connectivity index (χ2v) is 7.77. The van der Waals surface area contributed by atoms with E-state index in [1.165, 1.54) is 70.1 Å². The number of piperidine rings is 1. The molecule has 1 aliphatic carbocycles. The van der Waals surface area contributed by atoms with E-state index in [1.54, 1.807) is 0 Å². The van der Waals surface area contributed by atoms with Crippen LogP contribution in [0.25, 0.3) is 0 Å². The van der Waals surface area contributed by atoms with E-state index in [1.807, 2.05) is 6.07 Å². The van der Waals surface area contributed by atoms with Crippen molar-refractivity contribution in [2.45, 2.75) is 56.9 Å². The molecule has 4 rings (SSSR count). The lowest BCUT2D eigenvalue weighted by molar-refractivity contribution is 0.169. The van der Waals surface area contributed by atoms with Gasteiger partial charge in [-0.3, -0.25) is 0 Å². The normalized spacial score (nSPS) is 27.1. The number of hydrogen-bond acceptors (Lipinski definition) is 4. The summed E-state index contributed by atoms with van der Waals surface area (Å²) in [7, 11) is 0. The molecule has 140 valence electrons. The molecule has 0 amide bonds. The zero-order valence-electron chi connectivity index (χ0n) is 15.0. The Morgan fingerprint density at radius 2 is 1.76 bits per heavy atom.